The Labute approximate surface area is 167 Å². The van der Waals surface area contributed by atoms with Crippen molar-refractivity contribution in [3.8, 4) is 0 Å². The molecule has 0 bridgehead atoms. The highest BCUT2D eigenvalue weighted by atomic mass is 32.1. The van der Waals surface area contributed by atoms with E-state index in [1.807, 2.05) is 18.5 Å². The Kier molecular flexibility index (Phi) is 6.57. The third-order valence-corrected chi connectivity index (χ3v) is 6.28. The summed E-state index contributed by atoms with van der Waals surface area (Å²) in [5.74, 6) is 2.50. The molecule has 0 radical (unpaired) electrons. The van der Waals surface area contributed by atoms with Crippen LogP contribution >= 0.6 is 22.7 Å². The molecule has 2 N–H and O–H groups in total. The van der Waals surface area contributed by atoms with E-state index in [2.05, 4.69) is 62.2 Å². The molecule has 9 heteroatoms. The van der Waals surface area contributed by atoms with Crippen LogP contribution in [0.3, 0.4) is 0 Å². The second kappa shape index (κ2) is 9.09. The van der Waals surface area contributed by atoms with Gasteiger partial charge in [0.15, 0.2) is 11.8 Å². The molecule has 0 atom stereocenters. The molecule has 0 saturated carbocycles. The van der Waals surface area contributed by atoms with E-state index in [1.165, 1.54) is 9.75 Å². The highest BCUT2D eigenvalue weighted by Crippen LogP contribution is 2.16. The summed E-state index contributed by atoms with van der Waals surface area (Å²) in [7, 11) is 1.96. The molecule has 0 aliphatic rings. The Morgan fingerprint density at radius 3 is 2.70 bits per heavy atom. The van der Waals surface area contributed by atoms with Gasteiger partial charge in [-0.25, -0.2) is 9.98 Å². The van der Waals surface area contributed by atoms with Gasteiger partial charge >= 0.3 is 0 Å². The van der Waals surface area contributed by atoms with Crippen molar-refractivity contribution >= 4 is 28.6 Å². The molecule has 0 unspecified atom stereocenters. The summed E-state index contributed by atoms with van der Waals surface area (Å²) >= 11 is 3.49. The van der Waals surface area contributed by atoms with Crippen LogP contribution in [0.5, 0.6) is 0 Å². The van der Waals surface area contributed by atoms with E-state index in [0.717, 1.165) is 47.8 Å². The maximum atomic E-state index is 4.68. The number of hydrogen-bond acceptors (Lipinski definition) is 6. The largest absolute Gasteiger partial charge is 0.356 e. The summed E-state index contributed by atoms with van der Waals surface area (Å²) < 4.78 is 1.96. The molecule has 3 heterocycles. The van der Waals surface area contributed by atoms with Crippen molar-refractivity contribution in [3.05, 3.63) is 49.6 Å². The Morgan fingerprint density at radius 1 is 1.22 bits per heavy atom. The molecule has 0 aromatic carbocycles. The lowest BCUT2D eigenvalue weighted by atomic mass is 10.4. The number of thiazole rings is 1. The fraction of sp³-hybridized carbons (Fsp3) is 0.444. The molecule has 0 fully saturated rings. The van der Waals surface area contributed by atoms with Crippen molar-refractivity contribution in [3.63, 3.8) is 0 Å². The molecule has 144 valence electrons. The molecule has 27 heavy (non-hydrogen) atoms. The van der Waals surface area contributed by atoms with Crippen molar-refractivity contribution < 1.29 is 0 Å². The summed E-state index contributed by atoms with van der Waals surface area (Å²) in [4.78, 5) is 11.8. The Hall–Kier alpha value is -2.26. The van der Waals surface area contributed by atoms with Gasteiger partial charge in [-0.05, 0) is 32.2 Å². The van der Waals surface area contributed by atoms with Crippen LogP contribution in [0.25, 0.3) is 0 Å². The molecule has 0 aliphatic heterocycles. The molecule has 0 aliphatic carbocycles. The van der Waals surface area contributed by atoms with E-state index in [9.17, 15) is 0 Å². The van der Waals surface area contributed by atoms with E-state index in [1.54, 1.807) is 22.7 Å². The van der Waals surface area contributed by atoms with Gasteiger partial charge in [0, 0.05) is 29.8 Å². The summed E-state index contributed by atoms with van der Waals surface area (Å²) in [5, 5.41) is 18.3. The minimum Gasteiger partial charge on any atom is -0.356 e. The van der Waals surface area contributed by atoms with Crippen LogP contribution in [0.2, 0.25) is 0 Å². The van der Waals surface area contributed by atoms with Gasteiger partial charge in [0.1, 0.15) is 12.4 Å². The number of rotatable bonds is 7. The number of hydrogen-bond donors (Lipinski definition) is 2. The first-order chi connectivity index (χ1) is 13.0. The highest BCUT2D eigenvalue weighted by molar-refractivity contribution is 7.11. The maximum absolute atomic E-state index is 4.68. The lowest BCUT2D eigenvalue weighted by Gasteiger charge is -2.11. The zero-order valence-corrected chi connectivity index (χ0v) is 17.7. The number of thiophene rings is 1. The number of aryl methyl sites for hydroxylation is 3. The Morgan fingerprint density at radius 2 is 2.07 bits per heavy atom. The van der Waals surface area contributed by atoms with Crippen molar-refractivity contribution in [1.82, 2.24) is 30.4 Å². The van der Waals surface area contributed by atoms with Crippen molar-refractivity contribution in [1.29, 1.82) is 0 Å². The monoisotopic (exact) mass is 403 g/mol. The number of nitrogens with one attached hydrogen (secondary N) is 2. The first-order valence-corrected chi connectivity index (χ1v) is 10.5. The summed E-state index contributed by atoms with van der Waals surface area (Å²) in [6.07, 6.45) is 0.877. The van der Waals surface area contributed by atoms with E-state index in [-0.39, 0.29) is 0 Å². The first kappa shape index (κ1) is 19.5. The van der Waals surface area contributed by atoms with Gasteiger partial charge in [-0.2, -0.15) is 0 Å². The topological polar surface area (TPSA) is 80.0 Å². The average molecular weight is 404 g/mol. The Balaban J connectivity index is 1.61. The molecule has 3 aromatic rings. The molecule has 0 amide bonds. The zero-order valence-electron chi connectivity index (χ0n) is 16.1. The lowest BCUT2D eigenvalue weighted by Crippen LogP contribution is -2.38. The van der Waals surface area contributed by atoms with E-state index < -0.39 is 0 Å². The van der Waals surface area contributed by atoms with Gasteiger partial charge in [-0.15, -0.1) is 32.9 Å². The SMILES string of the molecule is Cc1nc(CCNC(=NCc2nnc(C)n2C)NCc2cccs2)sc1C. The van der Waals surface area contributed by atoms with Gasteiger partial charge in [-0.1, -0.05) is 6.07 Å². The normalized spacial score (nSPS) is 11.8. The predicted octanol–water partition coefficient (Wildman–Crippen LogP) is 2.74. The van der Waals surface area contributed by atoms with E-state index in [0.29, 0.717) is 6.54 Å². The number of aliphatic imine (C=N–C) groups is 1. The van der Waals surface area contributed by atoms with Crippen LogP contribution in [0.15, 0.2) is 22.5 Å². The molecule has 3 rings (SSSR count). The minimum absolute atomic E-state index is 0.479. The van der Waals surface area contributed by atoms with Crippen LogP contribution in [0.1, 0.15) is 32.1 Å². The van der Waals surface area contributed by atoms with Crippen molar-refractivity contribution in [2.24, 2.45) is 12.0 Å². The van der Waals surface area contributed by atoms with Crippen LogP contribution in [0, 0.1) is 20.8 Å². The quantitative estimate of drug-likeness (QED) is 0.468. The van der Waals surface area contributed by atoms with Crippen LogP contribution < -0.4 is 10.6 Å². The molecular weight excluding hydrogens is 378 g/mol. The summed E-state index contributed by atoms with van der Waals surface area (Å²) in [5.41, 5.74) is 1.12. The summed E-state index contributed by atoms with van der Waals surface area (Å²) in [6, 6.07) is 4.17. The third-order valence-electron chi connectivity index (χ3n) is 4.28. The number of nitrogens with zero attached hydrogens (tertiary/aromatic N) is 5. The predicted molar refractivity (Wildman–Crippen MR) is 111 cm³/mol. The standard InChI is InChI=1S/C18H25N7S2/c1-12-13(2)27-17(22-12)7-8-19-18(20-10-15-6-5-9-26-15)21-11-16-24-23-14(3)25(16)4/h5-6,9H,7-8,10-11H2,1-4H3,(H2,19,20,21). The van der Waals surface area contributed by atoms with E-state index >= 15 is 0 Å². The maximum Gasteiger partial charge on any atom is 0.192 e. The smallest absolute Gasteiger partial charge is 0.192 e. The van der Waals surface area contributed by atoms with Gasteiger partial charge in [-0.3, -0.25) is 0 Å². The second-order valence-corrected chi connectivity index (χ2v) is 8.57. The number of guanidine groups is 1. The van der Waals surface area contributed by atoms with Gasteiger partial charge < -0.3 is 15.2 Å². The van der Waals surface area contributed by atoms with Crippen LogP contribution in [-0.2, 0) is 26.6 Å². The Bertz CT molecular complexity index is 874. The second-order valence-electron chi connectivity index (χ2n) is 6.25. The van der Waals surface area contributed by atoms with Gasteiger partial charge in [0.2, 0.25) is 0 Å². The molecule has 7 nitrogen and oxygen atoms in total. The molecule has 0 saturated heterocycles. The van der Waals surface area contributed by atoms with Gasteiger partial charge in [0.25, 0.3) is 0 Å². The molecular formula is C18H25N7S2. The third kappa shape index (κ3) is 5.36. The fourth-order valence-electron chi connectivity index (χ4n) is 2.43. The average Bonchev–Trinajstić information content (AvgIpc) is 3.35. The van der Waals surface area contributed by atoms with Crippen molar-refractivity contribution in [2.75, 3.05) is 6.54 Å². The van der Waals surface area contributed by atoms with Crippen LogP contribution in [-0.4, -0.2) is 32.3 Å². The highest BCUT2D eigenvalue weighted by Gasteiger charge is 2.07. The van der Waals surface area contributed by atoms with Gasteiger partial charge in [0.05, 0.1) is 17.2 Å². The molecule has 0 spiro atoms. The fourth-order valence-corrected chi connectivity index (χ4v) is 4.01. The zero-order chi connectivity index (χ0) is 19.2. The van der Waals surface area contributed by atoms with E-state index in [4.69, 9.17) is 0 Å². The lowest BCUT2D eigenvalue weighted by molar-refractivity contribution is 0.749. The minimum atomic E-state index is 0.479. The summed E-state index contributed by atoms with van der Waals surface area (Å²) in [6.45, 7) is 8.11. The molecule has 3 aromatic heterocycles. The first-order valence-electron chi connectivity index (χ1n) is 8.85. The number of aromatic nitrogens is 4. The van der Waals surface area contributed by atoms with Crippen LogP contribution in [0.4, 0.5) is 0 Å². The van der Waals surface area contributed by atoms with Crippen molar-refractivity contribution in [2.45, 2.75) is 40.3 Å².